The quantitative estimate of drug-likeness (QED) is 0.320. The minimum absolute atomic E-state index is 0.0735. The van der Waals surface area contributed by atoms with E-state index in [9.17, 15) is 9.59 Å². The number of rotatable bonds is 10. The maximum Gasteiger partial charge on any atom is 0.243 e. The predicted molar refractivity (Wildman–Crippen MR) is 144 cm³/mol. The van der Waals surface area contributed by atoms with Gasteiger partial charge in [-0.05, 0) is 40.8 Å². The van der Waals surface area contributed by atoms with Crippen LogP contribution < -0.4 is 5.32 Å². The molecule has 0 spiro atoms. The highest BCUT2D eigenvalue weighted by atomic mass is 35.5. The van der Waals surface area contributed by atoms with Crippen molar-refractivity contribution in [2.24, 2.45) is 5.92 Å². The standard InChI is InChI=1S/C28H29Cl3N2O2/c1-19(2)17-32-28(35)26(15-20-8-4-3-5-9-20)33(18-22-10-6-7-11-23(22)29)27(34)16-21-12-13-24(30)25(31)14-21/h3-14,19,26H,15-18H2,1-2H3,(H,32,35)/t26-/m1/s1. The van der Waals surface area contributed by atoms with Gasteiger partial charge in [-0.25, -0.2) is 0 Å². The summed E-state index contributed by atoms with van der Waals surface area (Å²) in [5, 5.41) is 4.36. The smallest absolute Gasteiger partial charge is 0.243 e. The van der Waals surface area contributed by atoms with E-state index in [1.54, 1.807) is 29.2 Å². The summed E-state index contributed by atoms with van der Waals surface area (Å²) in [6.07, 6.45) is 0.451. The molecule has 4 nitrogen and oxygen atoms in total. The first-order chi connectivity index (χ1) is 16.7. The predicted octanol–water partition coefficient (Wildman–Crippen LogP) is 6.60. The number of hydrogen-bond donors (Lipinski definition) is 1. The highest BCUT2D eigenvalue weighted by Gasteiger charge is 2.31. The molecule has 0 aliphatic rings. The first kappa shape index (κ1) is 27.1. The lowest BCUT2D eigenvalue weighted by atomic mass is 10.0. The number of benzene rings is 3. The molecule has 0 saturated carbocycles. The maximum atomic E-state index is 13.7. The van der Waals surface area contributed by atoms with E-state index >= 15 is 0 Å². The molecule has 35 heavy (non-hydrogen) atoms. The molecule has 0 bridgehead atoms. The van der Waals surface area contributed by atoms with Crippen LogP contribution in [0.5, 0.6) is 0 Å². The van der Waals surface area contributed by atoms with Gasteiger partial charge in [0.1, 0.15) is 6.04 Å². The molecule has 3 aromatic rings. The summed E-state index contributed by atoms with van der Waals surface area (Å²) in [5.41, 5.74) is 2.45. The van der Waals surface area contributed by atoms with E-state index in [1.807, 2.05) is 62.4 Å². The Morgan fingerprint density at radius 1 is 0.829 bits per heavy atom. The fourth-order valence-electron chi connectivity index (χ4n) is 3.71. The fraction of sp³-hybridized carbons (Fsp3) is 0.286. The van der Waals surface area contributed by atoms with E-state index in [0.29, 0.717) is 28.0 Å². The van der Waals surface area contributed by atoms with Crippen LogP contribution in [-0.4, -0.2) is 29.3 Å². The Morgan fingerprint density at radius 2 is 1.51 bits per heavy atom. The molecule has 0 aliphatic carbocycles. The Balaban J connectivity index is 1.98. The number of nitrogens with one attached hydrogen (secondary N) is 1. The third-order valence-electron chi connectivity index (χ3n) is 5.59. The summed E-state index contributed by atoms with van der Waals surface area (Å²) in [6, 6.07) is 21.4. The minimum Gasteiger partial charge on any atom is -0.354 e. The lowest BCUT2D eigenvalue weighted by molar-refractivity contribution is -0.140. The number of carbonyl (C=O) groups excluding carboxylic acids is 2. The number of nitrogens with zero attached hydrogens (tertiary/aromatic N) is 1. The van der Waals surface area contributed by atoms with Gasteiger partial charge in [0.2, 0.25) is 11.8 Å². The number of carbonyl (C=O) groups is 2. The van der Waals surface area contributed by atoms with Crippen molar-refractivity contribution in [2.45, 2.75) is 39.3 Å². The zero-order chi connectivity index (χ0) is 25.4. The van der Waals surface area contributed by atoms with Crippen LogP contribution in [-0.2, 0) is 29.0 Å². The van der Waals surface area contributed by atoms with Crippen molar-refractivity contribution in [3.8, 4) is 0 Å². The van der Waals surface area contributed by atoms with E-state index in [2.05, 4.69) is 5.32 Å². The van der Waals surface area contributed by atoms with Crippen molar-refractivity contribution in [1.82, 2.24) is 10.2 Å². The lowest BCUT2D eigenvalue weighted by Crippen LogP contribution is -2.51. The molecule has 2 amide bonds. The van der Waals surface area contributed by atoms with Gasteiger partial charge in [0.05, 0.1) is 16.5 Å². The summed E-state index contributed by atoms with van der Waals surface area (Å²) in [6.45, 7) is 4.78. The SMILES string of the molecule is CC(C)CNC(=O)[C@@H](Cc1ccccc1)N(Cc1ccccc1Cl)C(=O)Cc1ccc(Cl)c(Cl)c1. The van der Waals surface area contributed by atoms with E-state index in [1.165, 1.54) is 0 Å². The Bertz CT molecular complexity index is 1150. The van der Waals surface area contributed by atoms with Gasteiger partial charge in [-0.1, -0.05) is 103 Å². The highest BCUT2D eigenvalue weighted by molar-refractivity contribution is 6.42. The molecule has 3 aromatic carbocycles. The van der Waals surface area contributed by atoms with Crippen molar-refractivity contribution in [3.05, 3.63) is 105 Å². The second-order valence-electron chi connectivity index (χ2n) is 8.88. The molecule has 1 N–H and O–H groups in total. The molecule has 0 fully saturated rings. The average molecular weight is 532 g/mol. The second kappa shape index (κ2) is 13.0. The summed E-state index contributed by atoms with van der Waals surface area (Å²) in [4.78, 5) is 28.8. The van der Waals surface area contributed by atoms with Crippen LogP contribution in [0.25, 0.3) is 0 Å². The van der Waals surface area contributed by atoms with Crippen LogP contribution in [0, 0.1) is 5.92 Å². The molecule has 3 rings (SSSR count). The molecule has 0 radical (unpaired) electrons. The summed E-state index contributed by atoms with van der Waals surface area (Å²) in [5.74, 6) is -0.124. The van der Waals surface area contributed by atoms with Gasteiger partial charge in [0.15, 0.2) is 0 Å². The molecule has 0 aromatic heterocycles. The van der Waals surface area contributed by atoms with E-state index in [-0.39, 0.29) is 30.7 Å². The largest absolute Gasteiger partial charge is 0.354 e. The summed E-state index contributed by atoms with van der Waals surface area (Å²) in [7, 11) is 0. The Kier molecular flexibility index (Phi) is 10.0. The van der Waals surface area contributed by atoms with Gasteiger partial charge >= 0.3 is 0 Å². The Hall–Kier alpha value is -2.53. The van der Waals surface area contributed by atoms with Crippen molar-refractivity contribution in [2.75, 3.05) is 6.54 Å². The third-order valence-corrected chi connectivity index (χ3v) is 6.70. The second-order valence-corrected chi connectivity index (χ2v) is 10.1. The molecule has 0 unspecified atom stereocenters. The monoisotopic (exact) mass is 530 g/mol. The molecule has 0 aliphatic heterocycles. The number of hydrogen-bond acceptors (Lipinski definition) is 2. The van der Waals surface area contributed by atoms with Crippen molar-refractivity contribution in [3.63, 3.8) is 0 Å². The fourth-order valence-corrected chi connectivity index (χ4v) is 4.23. The van der Waals surface area contributed by atoms with Crippen molar-refractivity contribution in [1.29, 1.82) is 0 Å². The summed E-state index contributed by atoms with van der Waals surface area (Å²) >= 11 is 18.7. The summed E-state index contributed by atoms with van der Waals surface area (Å²) < 4.78 is 0. The molecule has 1 atom stereocenters. The first-order valence-electron chi connectivity index (χ1n) is 11.5. The van der Waals surface area contributed by atoms with Gasteiger partial charge in [0.25, 0.3) is 0 Å². The Morgan fingerprint density at radius 3 is 2.17 bits per heavy atom. The van der Waals surface area contributed by atoms with Crippen molar-refractivity contribution >= 4 is 46.6 Å². The highest BCUT2D eigenvalue weighted by Crippen LogP contribution is 2.25. The zero-order valence-corrected chi connectivity index (χ0v) is 22.1. The lowest BCUT2D eigenvalue weighted by Gasteiger charge is -2.32. The average Bonchev–Trinajstić information content (AvgIpc) is 2.83. The van der Waals surface area contributed by atoms with Gasteiger partial charge in [-0.2, -0.15) is 0 Å². The molecule has 0 saturated heterocycles. The number of amides is 2. The Labute approximate surface area is 222 Å². The molecular weight excluding hydrogens is 503 g/mol. The maximum absolute atomic E-state index is 13.7. The van der Waals surface area contributed by atoms with Crippen LogP contribution in [0.3, 0.4) is 0 Å². The van der Waals surface area contributed by atoms with Crippen molar-refractivity contribution < 1.29 is 9.59 Å². The molecule has 0 heterocycles. The third kappa shape index (κ3) is 7.99. The van der Waals surface area contributed by atoms with Crippen LogP contribution in [0.4, 0.5) is 0 Å². The van der Waals surface area contributed by atoms with Gasteiger partial charge in [0, 0.05) is 24.5 Å². The van der Waals surface area contributed by atoms with Gasteiger partial charge in [-0.15, -0.1) is 0 Å². The molecule has 7 heteroatoms. The van der Waals surface area contributed by atoms with Gasteiger partial charge < -0.3 is 10.2 Å². The van der Waals surface area contributed by atoms with Crippen LogP contribution >= 0.6 is 34.8 Å². The minimum atomic E-state index is -0.720. The number of halogens is 3. The van der Waals surface area contributed by atoms with E-state index < -0.39 is 6.04 Å². The van der Waals surface area contributed by atoms with Crippen LogP contribution in [0.15, 0.2) is 72.8 Å². The first-order valence-corrected chi connectivity index (χ1v) is 12.7. The van der Waals surface area contributed by atoms with Crippen LogP contribution in [0.1, 0.15) is 30.5 Å². The van der Waals surface area contributed by atoms with E-state index in [0.717, 1.165) is 16.7 Å². The normalized spacial score (nSPS) is 11.8. The topological polar surface area (TPSA) is 49.4 Å². The van der Waals surface area contributed by atoms with E-state index in [4.69, 9.17) is 34.8 Å². The van der Waals surface area contributed by atoms with Crippen LogP contribution in [0.2, 0.25) is 15.1 Å². The van der Waals surface area contributed by atoms with Gasteiger partial charge in [-0.3, -0.25) is 9.59 Å². The zero-order valence-electron chi connectivity index (χ0n) is 19.8. The molecular formula is C28H29Cl3N2O2. The molecule has 184 valence electrons.